The van der Waals surface area contributed by atoms with Gasteiger partial charge in [0.1, 0.15) is 5.65 Å². The van der Waals surface area contributed by atoms with Crippen LogP contribution in [0.4, 0.5) is 0 Å². The Morgan fingerprint density at radius 3 is 2.68 bits per heavy atom. The third-order valence-electron chi connectivity index (χ3n) is 3.40. The summed E-state index contributed by atoms with van der Waals surface area (Å²) in [6, 6.07) is 8.14. The Hall–Kier alpha value is -2.20. The first-order valence-corrected chi connectivity index (χ1v) is 6.31. The third kappa shape index (κ3) is 1.90. The van der Waals surface area contributed by atoms with Gasteiger partial charge < -0.3 is 10.7 Å². The van der Waals surface area contributed by atoms with Crippen LogP contribution in [0, 0.1) is 13.8 Å². The average Bonchev–Trinajstić information content (AvgIpc) is 2.82. The van der Waals surface area contributed by atoms with Crippen molar-refractivity contribution in [3.05, 3.63) is 47.3 Å². The second kappa shape index (κ2) is 4.48. The van der Waals surface area contributed by atoms with Gasteiger partial charge in [0, 0.05) is 23.7 Å². The van der Waals surface area contributed by atoms with Crippen LogP contribution in [0.3, 0.4) is 0 Å². The maximum Gasteiger partial charge on any atom is 0.162 e. The van der Waals surface area contributed by atoms with E-state index in [0.29, 0.717) is 6.54 Å². The fourth-order valence-electron chi connectivity index (χ4n) is 2.39. The number of benzene rings is 1. The van der Waals surface area contributed by atoms with Gasteiger partial charge in [0.15, 0.2) is 5.82 Å². The number of nitrogens with zero attached hydrogens (tertiary/aromatic N) is 2. The number of aromatic amines is 1. The molecule has 3 aromatic rings. The lowest BCUT2D eigenvalue weighted by Gasteiger charge is -2.06. The highest BCUT2D eigenvalue weighted by atomic mass is 15.0. The van der Waals surface area contributed by atoms with Gasteiger partial charge in [-0.15, -0.1) is 0 Å². The number of rotatable bonds is 2. The van der Waals surface area contributed by atoms with Crippen LogP contribution in [-0.4, -0.2) is 15.0 Å². The average molecular weight is 252 g/mol. The summed E-state index contributed by atoms with van der Waals surface area (Å²) in [5, 5.41) is 1.04. The van der Waals surface area contributed by atoms with E-state index in [9.17, 15) is 0 Å². The van der Waals surface area contributed by atoms with E-state index in [-0.39, 0.29) is 0 Å². The summed E-state index contributed by atoms with van der Waals surface area (Å²) in [6.45, 7) is 4.56. The molecule has 2 aromatic heterocycles. The van der Waals surface area contributed by atoms with Gasteiger partial charge in [0.2, 0.25) is 0 Å². The summed E-state index contributed by atoms with van der Waals surface area (Å²) in [7, 11) is 0. The molecule has 0 bridgehead atoms. The fraction of sp³-hybridized carbons (Fsp3) is 0.200. The van der Waals surface area contributed by atoms with Gasteiger partial charge in [-0.25, -0.2) is 9.97 Å². The number of H-pyrrole nitrogens is 1. The van der Waals surface area contributed by atoms with Gasteiger partial charge in [-0.05, 0) is 25.0 Å². The molecule has 2 heterocycles. The Kier molecular flexibility index (Phi) is 2.80. The fourth-order valence-corrected chi connectivity index (χ4v) is 2.39. The molecule has 0 fully saturated rings. The summed E-state index contributed by atoms with van der Waals surface area (Å²) in [6.07, 6.45) is 1.91. The van der Waals surface area contributed by atoms with Crippen molar-refractivity contribution in [1.29, 1.82) is 0 Å². The Labute approximate surface area is 111 Å². The maximum atomic E-state index is 5.73. The van der Waals surface area contributed by atoms with E-state index in [4.69, 9.17) is 5.73 Å². The van der Waals surface area contributed by atoms with Crippen molar-refractivity contribution >= 4 is 11.0 Å². The van der Waals surface area contributed by atoms with E-state index < -0.39 is 0 Å². The number of aryl methyl sites for hydroxylation is 2. The minimum absolute atomic E-state index is 0.494. The van der Waals surface area contributed by atoms with Gasteiger partial charge in [0.25, 0.3) is 0 Å². The summed E-state index contributed by atoms with van der Waals surface area (Å²) in [5.41, 5.74) is 10.8. The molecule has 0 saturated heterocycles. The molecule has 96 valence electrons. The van der Waals surface area contributed by atoms with E-state index >= 15 is 0 Å². The number of hydrogen-bond donors (Lipinski definition) is 2. The molecule has 3 N–H and O–H groups in total. The number of fused-ring (bicyclic) bond motifs is 1. The van der Waals surface area contributed by atoms with Crippen molar-refractivity contribution in [1.82, 2.24) is 15.0 Å². The molecule has 3 rings (SSSR count). The first-order valence-electron chi connectivity index (χ1n) is 6.31. The Morgan fingerprint density at radius 2 is 1.95 bits per heavy atom. The maximum absolute atomic E-state index is 5.73. The number of nitrogens with two attached hydrogens (primary N) is 1. The molecule has 0 aliphatic heterocycles. The molecule has 19 heavy (non-hydrogen) atoms. The zero-order chi connectivity index (χ0) is 13.4. The van der Waals surface area contributed by atoms with Gasteiger partial charge >= 0.3 is 0 Å². The molecule has 0 unspecified atom stereocenters. The zero-order valence-electron chi connectivity index (χ0n) is 11.1. The molecule has 0 aliphatic carbocycles. The monoisotopic (exact) mass is 252 g/mol. The molecule has 4 heteroatoms. The van der Waals surface area contributed by atoms with E-state index in [2.05, 4.69) is 27.9 Å². The van der Waals surface area contributed by atoms with Crippen LogP contribution in [0.15, 0.2) is 30.5 Å². The lowest BCUT2D eigenvalue weighted by Crippen LogP contribution is -1.98. The molecule has 0 spiro atoms. The largest absolute Gasteiger partial charge is 0.346 e. The highest BCUT2D eigenvalue weighted by Crippen LogP contribution is 2.25. The number of aromatic nitrogens is 3. The lowest BCUT2D eigenvalue weighted by atomic mass is 10.1. The zero-order valence-corrected chi connectivity index (χ0v) is 11.1. The van der Waals surface area contributed by atoms with Crippen LogP contribution in [0.25, 0.3) is 22.4 Å². The van der Waals surface area contributed by atoms with Crippen LogP contribution in [0.2, 0.25) is 0 Å². The van der Waals surface area contributed by atoms with Crippen LogP contribution >= 0.6 is 0 Å². The normalized spacial score (nSPS) is 11.1. The number of nitrogens with one attached hydrogen (secondary N) is 1. The summed E-state index contributed by atoms with van der Waals surface area (Å²) >= 11 is 0. The quantitative estimate of drug-likeness (QED) is 0.736. The van der Waals surface area contributed by atoms with Gasteiger partial charge in [0.05, 0.1) is 5.69 Å². The van der Waals surface area contributed by atoms with E-state index in [1.54, 1.807) is 0 Å². The second-order valence-corrected chi connectivity index (χ2v) is 4.69. The van der Waals surface area contributed by atoms with Crippen LogP contribution in [0.1, 0.15) is 16.8 Å². The predicted molar refractivity (Wildman–Crippen MR) is 76.7 cm³/mol. The SMILES string of the molecule is Cc1ccccc1-c1nc(C)c2c(CN)c[nH]c2n1. The van der Waals surface area contributed by atoms with Crippen molar-refractivity contribution in [3.8, 4) is 11.4 Å². The molecule has 1 aromatic carbocycles. The van der Waals surface area contributed by atoms with E-state index in [1.165, 1.54) is 5.56 Å². The highest BCUT2D eigenvalue weighted by molar-refractivity contribution is 5.84. The third-order valence-corrected chi connectivity index (χ3v) is 3.40. The molecule has 0 atom stereocenters. The highest BCUT2D eigenvalue weighted by Gasteiger charge is 2.12. The molecule has 0 aliphatic rings. The van der Waals surface area contributed by atoms with Crippen molar-refractivity contribution < 1.29 is 0 Å². The standard InChI is InChI=1S/C15H16N4/c1-9-5-3-4-6-12(9)14-18-10(2)13-11(7-16)8-17-15(13)19-14/h3-6,8H,7,16H2,1-2H3,(H,17,18,19). The van der Waals surface area contributed by atoms with Gasteiger partial charge in [-0.1, -0.05) is 24.3 Å². The van der Waals surface area contributed by atoms with Crippen molar-refractivity contribution in [3.63, 3.8) is 0 Å². The van der Waals surface area contributed by atoms with Crippen molar-refractivity contribution in [2.45, 2.75) is 20.4 Å². The molecule has 4 nitrogen and oxygen atoms in total. The predicted octanol–water partition coefficient (Wildman–Crippen LogP) is 2.70. The van der Waals surface area contributed by atoms with Crippen molar-refractivity contribution in [2.75, 3.05) is 0 Å². The Balaban J connectivity index is 2.25. The van der Waals surface area contributed by atoms with Crippen LogP contribution in [-0.2, 0) is 6.54 Å². The second-order valence-electron chi connectivity index (χ2n) is 4.69. The first-order chi connectivity index (χ1) is 9.20. The number of hydrogen-bond acceptors (Lipinski definition) is 3. The smallest absolute Gasteiger partial charge is 0.162 e. The van der Waals surface area contributed by atoms with Crippen LogP contribution in [0.5, 0.6) is 0 Å². The Morgan fingerprint density at radius 1 is 1.16 bits per heavy atom. The first kappa shape index (κ1) is 11.9. The van der Waals surface area contributed by atoms with E-state index in [1.807, 2.05) is 31.3 Å². The van der Waals surface area contributed by atoms with Gasteiger partial charge in [-0.3, -0.25) is 0 Å². The lowest BCUT2D eigenvalue weighted by molar-refractivity contribution is 1.08. The molecular formula is C15H16N4. The molecule has 0 amide bonds. The van der Waals surface area contributed by atoms with Crippen LogP contribution < -0.4 is 5.73 Å². The summed E-state index contributed by atoms with van der Waals surface area (Å²) in [4.78, 5) is 12.4. The van der Waals surface area contributed by atoms with Crippen molar-refractivity contribution in [2.24, 2.45) is 5.73 Å². The summed E-state index contributed by atoms with van der Waals surface area (Å²) < 4.78 is 0. The minimum Gasteiger partial charge on any atom is -0.346 e. The Bertz CT molecular complexity index is 743. The summed E-state index contributed by atoms with van der Waals surface area (Å²) in [5.74, 6) is 0.758. The minimum atomic E-state index is 0.494. The van der Waals surface area contributed by atoms with Gasteiger partial charge in [-0.2, -0.15) is 0 Å². The molecule has 0 saturated carbocycles. The van der Waals surface area contributed by atoms with E-state index in [0.717, 1.165) is 33.7 Å². The molecular weight excluding hydrogens is 236 g/mol. The molecule has 0 radical (unpaired) electrons. The topological polar surface area (TPSA) is 67.6 Å².